The standard InChI is InChI=1S/C24H41NO2/c1-4-5-6-7-8-9-10-11-12-13-14-19-24(26)25-22-17-15-16-18-23(22)27-20-21(2)3/h15-18,21H,4-14,19-20H2,1-3H3,(H,25,26). The van der Waals surface area contributed by atoms with Gasteiger partial charge in [0, 0.05) is 6.42 Å². The summed E-state index contributed by atoms with van der Waals surface area (Å²) in [4.78, 5) is 12.2. The molecule has 1 N–H and O–H groups in total. The molecule has 27 heavy (non-hydrogen) atoms. The summed E-state index contributed by atoms with van der Waals surface area (Å²) in [7, 11) is 0. The molecule has 1 aromatic rings. The summed E-state index contributed by atoms with van der Waals surface area (Å²) in [6.45, 7) is 7.16. The minimum Gasteiger partial charge on any atom is -0.491 e. The zero-order chi connectivity index (χ0) is 19.7. The number of rotatable bonds is 16. The average Bonchev–Trinajstić information content (AvgIpc) is 2.65. The normalized spacial score (nSPS) is 11.0. The van der Waals surface area contributed by atoms with Crippen LogP contribution in [0.5, 0.6) is 5.75 Å². The topological polar surface area (TPSA) is 38.3 Å². The van der Waals surface area contributed by atoms with Gasteiger partial charge in [-0.1, -0.05) is 97.1 Å². The van der Waals surface area contributed by atoms with Gasteiger partial charge in [-0.15, -0.1) is 0 Å². The third-order valence-corrected chi connectivity index (χ3v) is 4.74. The highest BCUT2D eigenvalue weighted by Crippen LogP contribution is 2.24. The molecule has 0 atom stereocenters. The Morgan fingerprint density at radius 1 is 0.889 bits per heavy atom. The lowest BCUT2D eigenvalue weighted by Crippen LogP contribution is -2.13. The Kier molecular flexibility index (Phi) is 13.5. The molecule has 0 aromatic heterocycles. The van der Waals surface area contributed by atoms with Gasteiger partial charge in [0.2, 0.25) is 5.91 Å². The molecule has 0 unspecified atom stereocenters. The number of hydrogen-bond acceptors (Lipinski definition) is 2. The first-order valence-electron chi connectivity index (χ1n) is 11.1. The molecule has 1 rings (SSSR count). The highest BCUT2D eigenvalue weighted by Gasteiger charge is 2.08. The summed E-state index contributed by atoms with van der Waals surface area (Å²) < 4.78 is 5.80. The van der Waals surface area contributed by atoms with E-state index in [9.17, 15) is 4.79 Å². The minimum absolute atomic E-state index is 0.0894. The molecule has 3 nitrogen and oxygen atoms in total. The summed E-state index contributed by atoms with van der Waals surface area (Å²) >= 11 is 0. The van der Waals surface area contributed by atoms with Crippen LogP contribution in [0.4, 0.5) is 5.69 Å². The number of para-hydroxylation sites is 2. The van der Waals surface area contributed by atoms with Crippen molar-refractivity contribution in [3.63, 3.8) is 0 Å². The second kappa shape index (κ2) is 15.5. The number of ether oxygens (including phenoxy) is 1. The lowest BCUT2D eigenvalue weighted by Gasteiger charge is -2.13. The number of unbranched alkanes of at least 4 members (excludes halogenated alkanes) is 10. The van der Waals surface area contributed by atoms with E-state index in [-0.39, 0.29) is 5.91 Å². The third kappa shape index (κ3) is 12.5. The summed E-state index contributed by atoms with van der Waals surface area (Å²) in [5.41, 5.74) is 0.784. The molecule has 1 aromatic carbocycles. The highest BCUT2D eigenvalue weighted by atomic mass is 16.5. The molecule has 1 amide bonds. The Morgan fingerprint density at radius 2 is 1.44 bits per heavy atom. The minimum atomic E-state index is 0.0894. The summed E-state index contributed by atoms with van der Waals surface area (Å²) in [5, 5.41) is 3.01. The molecular weight excluding hydrogens is 334 g/mol. The molecule has 0 bridgehead atoms. The zero-order valence-corrected chi connectivity index (χ0v) is 17.9. The van der Waals surface area contributed by atoms with Gasteiger partial charge in [-0.25, -0.2) is 0 Å². The van der Waals surface area contributed by atoms with Crippen LogP contribution >= 0.6 is 0 Å². The largest absolute Gasteiger partial charge is 0.491 e. The molecule has 0 fully saturated rings. The van der Waals surface area contributed by atoms with Crippen molar-refractivity contribution >= 4 is 11.6 Å². The molecule has 0 aliphatic heterocycles. The van der Waals surface area contributed by atoms with Crippen molar-refractivity contribution in [3.8, 4) is 5.75 Å². The SMILES string of the molecule is CCCCCCCCCCCCCC(=O)Nc1ccccc1OCC(C)C. The number of nitrogens with one attached hydrogen (secondary N) is 1. The van der Waals surface area contributed by atoms with Crippen molar-refractivity contribution in [1.82, 2.24) is 0 Å². The lowest BCUT2D eigenvalue weighted by atomic mass is 10.1. The molecule has 0 saturated heterocycles. The molecule has 0 spiro atoms. The van der Waals surface area contributed by atoms with Gasteiger partial charge in [-0.05, 0) is 24.5 Å². The number of hydrogen-bond donors (Lipinski definition) is 1. The van der Waals surface area contributed by atoms with E-state index in [4.69, 9.17) is 4.74 Å². The fourth-order valence-corrected chi connectivity index (χ4v) is 3.11. The maximum Gasteiger partial charge on any atom is 0.224 e. The van der Waals surface area contributed by atoms with Crippen LogP contribution < -0.4 is 10.1 Å². The van der Waals surface area contributed by atoms with Crippen LogP contribution in [0.1, 0.15) is 97.8 Å². The summed E-state index contributed by atoms with van der Waals surface area (Å²) in [6, 6.07) is 7.70. The van der Waals surface area contributed by atoms with Gasteiger partial charge >= 0.3 is 0 Å². The average molecular weight is 376 g/mol. The van der Waals surface area contributed by atoms with Crippen molar-refractivity contribution in [1.29, 1.82) is 0 Å². The van der Waals surface area contributed by atoms with Crippen molar-refractivity contribution < 1.29 is 9.53 Å². The van der Waals surface area contributed by atoms with E-state index in [2.05, 4.69) is 26.1 Å². The van der Waals surface area contributed by atoms with Gasteiger partial charge in [-0.3, -0.25) is 4.79 Å². The van der Waals surface area contributed by atoms with Crippen LogP contribution in [0.15, 0.2) is 24.3 Å². The summed E-state index contributed by atoms with van der Waals surface area (Å²) in [6.07, 6.45) is 14.9. The number of carbonyl (C=O) groups is 1. The highest BCUT2D eigenvalue weighted by molar-refractivity contribution is 5.92. The molecule has 0 aliphatic carbocycles. The molecule has 154 valence electrons. The molecule has 0 radical (unpaired) electrons. The number of benzene rings is 1. The van der Waals surface area contributed by atoms with Gasteiger partial charge in [0.15, 0.2) is 0 Å². The fourth-order valence-electron chi connectivity index (χ4n) is 3.11. The van der Waals surface area contributed by atoms with E-state index in [1.165, 1.54) is 57.8 Å². The van der Waals surface area contributed by atoms with E-state index in [0.717, 1.165) is 24.3 Å². The predicted octanol–water partition coefficient (Wildman–Crippen LogP) is 7.36. The Bertz CT molecular complexity index is 499. The van der Waals surface area contributed by atoms with Crippen LogP contribution in [0.25, 0.3) is 0 Å². The molecule has 3 heteroatoms. The predicted molar refractivity (Wildman–Crippen MR) is 116 cm³/mol. The maximum absolute atomic E-state index is 12.2. The molecule has 0 aliphatic rings. The van der Waals surface area contributed by atoms with E-state index in [1.54, 1.807) is 0 Å². The monoisotopic (exact) mass is 375 g/mol. The van der Waals surface area contributed by atoms with Crippen LogP contribution in [0.3, 0.4) is 0 Å². The van der Waals surface area contributed by atoms with Gasteiger partial charge < -0.3 is 10.1 Å². The second-order valence-corrected chi connectivity index (χ2v) is 8.03. The van der Waals surface area contributed by atoms with Crippen LogP contribution in [0, 0.1) is 5.92 Å². The molecule has 0 heterocycles. The summed E-state index contributed by atoms with van der Waals surface area (Å²) in [5.74, 6) is 1.31. The van der Waals surface area contributed by atoms with Crippen molar-refractivity contribution in [2.24, 2.45) is 5.92 Å². The van der Waals surface area contributed by atoms with E-state index in [1.807, 2.05) is 24.3 Å². The third-order valence-electron chi connectivity index (χ3n) is 4.74. The Morgan fingerprint density at radius 3 is 2.04 bits per heavy atom. The van der Waals surface area contributed by atoms with Crippen LogP contribution in [-0.2, 0) is 4.79 Å². The number of amides is 1. The first-order valence-corrected chi connectivity index (χ1v) is 11.1. The van der Waals surface area contributed by atoms with Crippen molar-refractivity contribution in [3.05, 3.63) is 24.3 Å². The smallest absolute Gasteiger partial charge is 0.224 e. The first-order chi connectivity index (χ1) is 13.1. The quantitative estimate of drug-likeness (QED) is 0.306. The van der Waals surface area contributed by atoms with E-state index < -0.39 is 0 Å². The van der Waals surface area contributed by atoms with Gasteiger partial charge in [-0.2, -0.15) is 0 Å². The second-order valence-electron chi connectivity index (χ2n) is 8.03. The van der Waals surface area contributed by atoms with E-state index >= 15 is 0 Å². The lowest BCUT2D eigenvalue weighted by molar-refractivity contribution is -0.116. The Hall–Kier alpha value is -1.51. The number of carbonyl (C=O) groups excluding carboxylic acids is 1. The van der Waals surface area contributed by atoms with E-state index in [0.29, 0.717) is 18.9 Å². The Labute approximate surface area is 167 Å². The van der Waals surface area contributed by atoms with Crippen molar-refractivity contribution in [2.45, 2.75) is 97.8 Å². The van der Waals surface area contributed by atoms with Gasteiger partial charge in [0.1, 0.15) is 5.75 Å². The maximum atomic E-state index is 12.2. The molecule has 0 saturated carbocycles. The van der Waals surface area contributed by atoms with Gasteiger partial charge in [0.05, 0.1) is 12.3 Å². The van der Waals surface area contributed by atoms with Crippen LogP contribution in [0.2, 0.25) is 0 Å². The van der Waals surface area contributed by atoms with Gasteiger partial charge in [0.25, 0.3) is 0 Å². The first kappa shape index (κ1) is 23.5. The van der Waals surface area contributed by atoms with Crippen LogP contribution in [-0.4, -0.2) is 12.5 Å². The van der Waals surface area contributed by atoms with Crippen molar-refractivity contribution in [2.75, 3.05) is 11.9 Å². The zero-order valence-electron chi connectivity index (χ0n) is 17.9. The fraction of sp³-hybridized carbons (Fsp3) is 0.708. The number of anilines is 1. The molecular formula is C24H41NO2. The Balaban J connectivity index is 2.09.